The first kappa shape index (κ1) is 25.6. The number of primary amides is 1. The Morgan fingerprint density at radius 3 is 2.44 bits per heavy atom. The molecule has 3 N–H and O–H groups in total. The Morgan fingerprint density at radius 1 is 1.11 bits per heavy atom. The lowest BCUT2D eigenvalue weighted by atomic mass is 9.74. The van der Waals surface area contributed by atoms with Crippen LogP contribution < -0.4 is 11.1 Å². The quantitative estimate of drug-likeness (QED) is 0.348. The first-order valence-electron chi connectivity index (χ1n) is 11.6. The zero-order valence-electron chi connectivity index (χ0n) is 19.4. The second kappa shape index (κ2) is 10.3. The molecule has 1 saturated carbocycles. The Kier molecular flexibility index (Phi) is 7.30. The highest BCUT2D eigenvalue weighted by Gasteiger charge is 2.43. The van der Waals surface area contributed by atoms with E-state index in [1.807, 2.05) is 24.3 Å². The number of amides is 1. The average molecular weight is 507 g/mol. The molecule has 4 rings (SSSR count). The second-order valence-electron chi connectivity index (χ2n) is 9.23. The van der Waals surface area contributed by atoms with E-state index in [1.165, 1.54) is 10.7 Å². The van der Waals surface area contributed by atoms with Gasteiger partial charge in [-0.2, -0.15) is 18.3 Å². The van der Waals surface area contributed by atoms with E-state index in [0.717, 1.165) is 30.9 Å². The Balaban J connectivity index is 1.40. The largest absolute Gasteiger partial charge is 0.490 e. The predicted octanol–water partition coefficient (Wildman–Crippen LogP) is 4.41. The molecule has 0 spiro atoms. The summed E-state index contributed by atoms with van der Waals surface area (Å²) < 4.78 is 57.6. The normalized spacial score (nSPS) is 15.7. The molecule has 0 radical (unpaired) electrons. The standard InChI is InChI=1S/C25H26F4N4O3/c26-18-10-17-13-33(32-21(17)20(11-18)22(30)34)19-6-4-16(5-7-19)12-31-14-24(8-2-1-3-9-24)15-36-23(35)25(27,28)29/h4-7,10-11,13,31H,1-3,8-9,12,14-15H2,(H2,30,34). The number of esters is 1. The summed E-state index contributed by atoms with van der Waals surface area (Å²) in [6.45, 7) is 0.622. The van der Waals surface area contributed by atoms with Gasteiger partial charge in [0, 0.05) is 30.1 Å². The van der Waals surface area contributed by atoms with Gasteiger partial charge in [-0.3, -0.25) is 4.79 Å². The minimum absolute atomic E-state index is 0.00197. The second-order valence-corrected chi connectivity index (χ2v) is 9.23. The zero-order chi connectivity index (χ0) is 25.9. The molecular formula is C25H26F4N4O3. The number of aromatic nitrogens is 2. The van der Waals surface area contributed by atoms with Crippen LogP contribution in [0.25, 0.3) is 16.6 Å². The lowest BCUT2D eigenvalue weighted by Crippen LogP contribution is -2.41. The van der Waals surface area contributed by atoms with Gasteiger partial charge < -0.3 is 15.8 Å². The molecule has 7 nitrogen and oxygen atoms in total. The maximum Gasteiger partial charge on any atom is 0.490 e. The number of fused-ring (bicyclic) bond motifs is 1. The van der Waals surface area contributed by atoms with Crippen molar-refractivity contribution < 1.29 is 31.9 Å². The van der Waals surface area contributed by atoms with Crippen molar-refractivity contribution in [2.24, 2.45) is 11.1 Å². The number of halogens is 4. The summed E-state index contributed by atoms with van der Waals surface area (Å²) in [4.78, 5) is 22.8. The summed E-state index contributed by atoms with van der Waals surface area (Å²) >= 11 is 0. The van der Waals surface area contributed by atoms with Crippen molar-refractivity contribution in [2.45, 2.75) is 44.8 Å². The first-order valence-corrected chi connectivity index (χ1v) is 11.6. The number of hydrogen-bond acceptors (Lipinski definition) is 5. The Hall–Kier alpha value is -3.47. The van der Waals surface area contributed by atoms with E-state index in [-0.39, 0.29) is 12.2 Å². The number of carbonyl (C=O) groups excluding carboxylic acids is 2. The van der Waals surface area contributed by atoms with Crippen LogP contribution >= 0.6 is 0 Å². The van der Waals surface area contributed by atoms with Crippen molar-refractivity contribution in [3.63, 3.8) is 0 Å². The molecule has 0 saturated heterocycles. The number of ether oxygens (including phenoxy) is 1. The van der Waals surface area contributed by atoms with E-state index in [2.05, 4.69) is 15.2 Å². The fourth-order valence-corrected chi connectivity index (χ4v) is 4.63. The van der Waals surface area contributed by atoms with Crippen molar-refractivity contribution in [2.75, 3.05) is 13.2 Å². The predicted molar refractivity (Wildman–Crippen MR) is 124 cm³/mol. The smallest absolute Gasteiger partial charge is 0.458 e. The summed E-state index contributed by atoms with van der Waals surface area (Å²) in [6.07, 6.45) is 0.732. The lowest BCUT2D eigenvalue weighted by molar-refractivity contribution is -0.203. The maximum absolute atomic E-state index is 13.8. The number of rotatable bonds is 8. The molecule has 3 aromatic rings. The SMILES string of the molecule is NC(=O)c1cc(F)cc2cn(-c3ccc(CNCC4(COC(=O)C(F)(F)F)CCCCC4)cc3)nc12. The number of benzene rings is 2. The minimum atomic E-state index is -5.00. The van der Waals surface area contributed by atoms with Gasteiger partial charge in [-0.15, -0.1) is 0 Å². The van der Waals surface area contributed by atoms with Gasteiger partial charge in [-0.1, -0.05) is 31.4 Å². The highest BCUT2D eigenvalue weighted by atomic mass is 19.4. The van der Waals surface area contributed by atoms with E-state index in [4.69, 9.17) is 5.73 Å². The van der Waals surface area contributed by atoms with Crippen molar-refractivity contribution in [1.29, 1.82) is 0 Å². The monoisotopic (exact) mass is 506 g/mol. The van der Waals surface area contributed by atoms with Gasteiger partial charge in [-0.05, 0) is 42.7 Å². The minimum Gasteiger partial charge on any atom is -0.458 e. The van der Waals surface area contributed by atoms with Gasteiger partial charge in [0.25, 0.3) is 5.91 Å². The molecule has 1 aromatic heterocycles. The van der Waals surface area contributed by atoms with Crippen LogP contribution in [0.3, 0.4) is 0 Å². The van der Waals surface area contributed by atoms with E-state index in [9.17, 15) is 27.2 Å². The molecule has 11 heteroatoms. The van der Waals surface area contributed by atoms with Crippen LogP contribution in [-0.4, -0.2) is 41.0 Å². The summed E-state index contributed by atoms with van der Waals surface area (Å²) in [5.74, 6) is -3.50. The van der Waals surface area contributed by atoms with Gasteiger partial charge in [0.1, 0.15) is 11.3 Å². The number of nitrogens with one attached hydrogen (secondary N) is 1. The number of hydrogen-bond donors (Lipinski definition) is 2. The molecule has 0 bridgehead atoms. The molecule has 1 aliphatic rings. The van der Waals surface area contributed by atoms with Crippen LogP contribution in [0.1, 0.15) is 48.0 Å². The van der Waals surface area contributed by atoms with Crippen molar-refractivity contribution >= 4 is 22.8 Å². The molecule has 36 heavy (non-hydrogen) atoms. The van der Waals surface area contributed by atoms with Crippen LogP contribution in [0.4, 0.5) is 17.6 Å². The topological polar surface area (TPSA) is 99.2 Å². The van der Waals surface area contributed by atoms with Gasteiger partial charge in [-0.25, -0.2) is 13.9 Å². The molecule has 0 atom stereocenters. The van der Waals surface area contributed by atoms with Crippen LogP contribution in [0, 0.1) is 11.2 Å². The first-order chi connectivity index (χ1) is 17.1. The number of alkyl halides is 3. The summed E-state index contributed by atoms with van der Waals surface area (Å²) in [7, 11) is 0. The molecule has 1 amide bonds. The maximum atomic E-state index is 13.8. The average Bonchev–Trinajstić information content (AvgIpc) is 3.26. The Labute approximate surface area is 204 Å². The summed E-state index contributed by atoms with van der Waals surface area (Å²) in [5, 5.41) is 8.11. The van der Waals surface area contributed by atoms with Crippen LogP contribution in [0.2, 0.25) is 0 Å². The molecule has 0 unspecified atom stereocenters. The summed E-state index contributed by atoms with van der Waals surface area (Å²) in [5.41, 5.74) is 6.74. The molecule has 2 aromatic carbocycles. The fraction of sp³-hybridized carbons (Fsp3) is 0.400. The van der Waals surface area contributed by atoms with E-state index in [0.29, 0.717) is 42.5 Å². The molecular weight excluding hydrogens is 480 g/mol. The van der Waals surface area contributed by atoms with Gasteiger partial charge >= 0.3 is 12.1 Å². The number of carbonyl (C=O) groups is 2. The third-order valence-corrected chi connectivity index (χ3v) is 6.52. The van der Waals surface area contributed by atoms with E-state index >= 15 is 0 Å². The third kappa shape index (κ3) is 5.84. The van der Waals surface area contributed by atoms with Crippen LogP contribution in [0.15, 0.2) is 42.6 Å². The van der Waals surface area contributed by atoms with Crippen LogP contribution in [0.5, 0.6) is 0 Å². The van der Waals surface area contributed by atoms with Crippen molar-refractivity contribution in [3.8, 4) is 5.69 Å². The lowest BCUT2D eigenvalue weighted by Gasteiger charge is -2.37. The highest BCUT2D eigenvalue weighted by molar-refractivity contribution is 6.04. The zero-order valence-corrected chi connectivity index (χ0v) is 19.4. The highest BCUT2D eigenvalue weighted by Crippen LogP contribution is 2.36. The molecule has 1 fully saturated rings. The van der Waals surface area contributed by atoms with Crippen molar-refractivity contribution in [1.82, 2.24) is 15.1 Å². The van der Waals surface area contributed by atoms with Crippen LogP contribution in [-0.2, 0) is 16.1 Å². The molecule has 192 valence electrons. The molecule has 1 aliphatic carbocycles. The number of nitrogens with two attached hydrogens (primary N) is 1. The fourth-order valence-electron chi connectivity index (χ4n) is 4.63. The van der Waals surface area contributed by atoms with E-state index < -0.39 is 29.3 Å². The molecule has 0 aliphatic heterocycles. The van der Waals surface area contributed by atoms with Gasteiger partial charge in [0.2, 0.25) is 0 Å². The Bertz CT molecular complexity index is 1250. The Morgan fingerprint density at radius 2 is 1.81 bits per heavy atom. The van der Waals surface area contributed by atoms with E-state index in [1.54, 1.807) is 6.20 Å². The van der Waals surface area contributed by atoms with Crippen molar-refractivity contribution in [3.05, 3.63) is 59.5 Å². The van der Waals surface area contributed by atoms with Gasteiger partial charge in [0.15, 0.2) is 0 Å². The third-order valence-electron chi connectivity index (χ3n) is 6.52. The number of nitrogens with zero attached hydrogens (tertiary/aromatic N) is 2. The summed E-state index contributed by atoms with van der Waals surface area (Å²) in [6, 6.07) is 9.68. The molecule has 1 heterocycles. The van der Waals surface area contributed by atoms with Gasteiger partial charge in [0.05, 0.1) is 17.9 Å².